The van der Waals surface area contributed by atoms with Crippen molar-refractivity contribution in [1.29, 1.82) is 0 Å². The van der Waals surface area contributed by atoms with E-state index in [1.807, 2.05) is 10.9 Å². The van der Waals surface area contributed by atoms with E-state index in [1.165, 1.54) is 0 Å². The zero-order chi connectivity index (χ0) is 7.68. The van der Waals surface area contributed by atoms with Crippen LogP contribution < -0.4 is 11.1 Å². The van der Waals surface area contributed by atoms with E-state index in [1.54, 1.807) is 6.20 Å². The molecular formula is C6H11N5. The Kier molecular flexibility index (Phi) is 1.59. The summed E-state index contributed by atoms with van der Waals surface area (Å²) in [6.07, 6.45) is 3.52. The molecule has 1 aliphatic heterocycles. The molecule has 1 aromatic heterocycles. The topological polar surface area (TPSA) is 68.8 Å². The third-order valence-corrected chi connectivity index (χ3v) is 2.01. The Labute approximate surface area is 64.6 Å². The van der Waals surface area contributed by atoms with Crippen molar-refractivity contribution in [2.45, 2.75) is 12.1 Å². The van der Waals surface area contributed by atoms with Gasteiger partial charge in [-0.3, -0.25) is 0 Å². The zero-order valence-corrected chi connectivity index (χ0v) is 6.14. The van der Waals surface area contributed by atoms with E-state index in [0.717, 1.165) is 13.1 Å². The van der Waals surface area contributed by atoms with Crippen LogP contribution in [0.1, 0.15) is 6.04 Å². The summed E-state index contributed by atoms with van der Waals surface area (Å²) < 4.78 is 1.81. The molecule has 0 amide bonds. The highest BCUT2D eigenvalue weighted by Gasteiger charge is 2.25. The molecule has 2 rings (SSSR count). The smallest absolute Gasteiger partial charge is 0.0824 e. The molecule has 1 aliphatic rings. The predicted octanol–water partition coefficient (Wildman–Crippen LogP) is -1.25. The van der Waals surface area contributed by atoms with E-state index in [2.05, 4.69) is 15.6 Å². The highest BCUT2D eigenvalue weighted by molar-refractivity contribution is 4.88. The van der Waals surface area contributed by atoms with E-state index in [0.29, 0.717) is 0 Å². The van der Waals surface area contributed by atoms with Crippen LogP contribution in [0.2, 0.25) is 0 Å². The maximum Gasteiger partial charge on any atom is 0.0824 e. The maximum atomic E-state index is 5.82. The third-order valence-electron chi connectivity index (χ3n) is 2.01. The lowest BCUT2D eigenvalue weighted by Gasteiger charge is -2.12. The molecule has 1 aromatic rings. The number of hydrogen-bond donors (Lipinski definition) is 2. The quantitative estimate of drug-likeness (QED) is 0.529. The Morgan fingerprint density at radius 3 is 3.00 bits per heavy atom. The molecule has 0 aromatic carbocycles. The van der Waals surface area contributed by atoms with E-state index in [-0.39, 0.29) is 12.1 Å². The number of nitrogens with zero attached hydrogens (tertiary/aromatic N) is 3. The highest BCUT2D eigenvalue weighted by atomic mass is 15.4. The lowest BCUT2D eigenvalue weighted by atomic mass is 10.2. The summed E-state index contributed by atoms with van der Waals surface area (Å²) in [7, 11) is 0. The number of rotatable bonds is 1. The maximum absolute atomic E-state index is 5.82. The van der Waals surface area contributed by atoms with Crippen molar-refractivity contribution >= 4 is 0 Å². The van der Waals surface area contributed by atoms with E-state index >= 15 is 0 Å². The fourth-order valence-electron chi connectivity index (χ4n) is 1.37. The molecule has 2 atom stereocenters. The van der Waals surface area contributed by atoms with E-state index in [9.17, 15) is 0 Å². The summed E-state index contributed by atoms with van der Waals surface area (Å²) in [4.78, 5) is 0. The minimum Gasteiger partial charge on any atom is -0.325 e. The first-order valence-electron chi connectivity index (χ1n) is 3.70. The second kappa shape index (κ2) is 2.60. The minimum absolute atomic E-state index is 0.164. The number of aromatic nitrogens is 3. The van der Waals surface area contributed by atoms with Gasteiger partial charge in [-0.15, -0.1) is 5.10 Å². The Morgan fingerprint density at radius 2 is 2.45 bits per heavy atom. The van der Waals surface area contributed by atoms with Crippen LogP contribution in [0.5, 0.6) is 0 Å². The minimum atomic E-state index is 0.164. The molecule has 0 unspecified atom stereocenters. The average Bonchev–Trinajstić information content (AvgIpc) is 2.55. The Balaban J connectivity index is 2.16. The zero-order valence-electron chi connectivity index (χ0n) is 6.14. The molecule has 0 aliphatic carbocycles. The molecule has 60 valence electrons. The molecule has 1 saturated heterocycles. The van der Waals surface area contributed by atoms with Crippen molar-refractivity contribution < 1.29 is 0 Å². The summed E-state index contributed by atoms with van der Waals surface area (Å²) in [5.74, 6) is 0. The van der Waals surface area contributed by atoms with Crippen LogP contribution in [0.4, 0.5) is 0 Å². The summed E-state index contributed by atoms with van der Waals surface area (Å²) in [6, 6.07) is 0.439. The summed E-state index contributed by atoms with van der Waals surface area (Å²) in [5, 5.41) is 10.8. The second-order valence-electron chi connectivity index (χ2n) is 2.77. The predicted molar refractivity (Wildman–Crippen MR) is 39.9 cm³/mol. The summed E-state index contributed by atoms with van der Waals surface area (Å²) in [6.45, 7) is 1.76. The fourth-order valence-corrected chi connectivity index (χ4v) is 1.37. The Morgan fingerprint density at radius 1 is 1.55 bits per heavy atom. The largest absolute Gasteiger partial charge is 0.325 e. The van der Waals surface area contributed by atoms with Crippen molar-refractivity contribution in [2.24, 2.45) is 5.73 Å². The SMILES string of the molecule is N[C@H]1CNC[C@H]1n1ccnn1. The number of hydrogen-bond acceptors (Lipinski definition) is 4. The van der Waals surface area contributed by atoms with Crippen molar-refractivity contribution in [2.75, 3.05) is 13.1 Å². The van der Waals surface area contributed by atoms with Crippen LogP contribution in [0.25, 0.3) is 0 Å². The van der Waals surface area contributed by atoms with Gasteiger partial charge in [0.25, 0.3) is 0 Å². The van der Waals surface area contributed by atoms with Gasteiger partial charge in [0.15, 0.2) is 0 Å². The first-order chi connectivity index (χ1) is 5.38. The van der Waals surface area contributed by atoms with Gasteiger partial charge in [-0.2, -0.15) is 0 Å². The van der Waals surface area contributed by atoms with Crippen LogP contribution in [0.15, 0.2) is 12.4 Å². The van der Waals surface area contributed by atoms with E-state index in [4.69, 9.17) is 5.73 Å². The highest BCUT2D eigenvalue weighted by Crippen LogP contribution is 2.10. The van der Waals surface area contributed by atoms with Crippen LogP contribution in [-0.4, -0.2) is 34.1 Å². The van der Waals surface area contributed by atoms with Crippen LogP contribution in [0, 0.1) is 0 Å². The van der Waals surface area contributed by atoms with Crippen molar-refractivity contribution in [3.8, 4) is 0 Å². The van der Waals surface area contributed by atoms with Crippen molar-refractivity contribution in [3.05, 3.63) is 12.4 Å². The molecule has 0 saturated carbocycles. The van der Waals surface area contributed by atoms with Gasteiger partial charge in [0, 0.05) is 25.3 Å². The second-order valence-corrected chi connectivity index (χ2v) is 2.77. The van der Waals surface area contributed by atoms with Gasteiger partial charge in [0.05, 0.1) is 12.2 Å². The van der Waals surface area contributed by atoms with Crippen LogP contribution in [0.3, 0.4) is 0 Å². The van der Waals surface area contributed by atoms with Gasteiger partial charge in [0.2, 0.25) is 0 Å². The van der Waals surface area contributed by atoms with E-state index < -0.39 is 0 Å². The molecule has 1 fully saturated rings. The molecule has 5 nitrogen and oxygen atoms in total. The lowest BCUT2D eigenvalue weighted by molar-refractivity contribution is 0.435. The van der Waals surface area contributed by atoms with Crippen molar-refractivity contribution in [3.63, 3.8) is 0 Å². The monoisotopic (exact) mass is 153 g/mol. The van der Waals surface area contributed by atoms with Crippen LogP contribution in [-0.2, 0) is 0 Å². The molecule has 5 heteroatoms. The first kappa shape index (κ1) is 6.75. The van der Waals surface area contributed by atoms with Gasteiger partial charge in [0.1, 0.15) is 0 Å². The summed E-state index contributed by atoms with van der Waals surface area (Å²) >= 11 is 0. The molecule has 2 heterocycles. The molecule has 0 radical (unpaired) electrons. The standard InChI is InChI=1S/C6H11N5/c7-5-3-8-4-6(5)11-2-1-9-10-11/h1-2,5-6,8H,3-4,7H2/t5-,6+/m0/s1. The molecule has 0 spiro atoms. The third kappa shape index (κ3) is 1.12. The van der Waals surface area contributed by atoms with Crippen molar-refractivity contribution in [1.82, 2.24) is 20.3 Å². The van der Waals surface area contributed by atoms with Gasteiger partial charge in [-0.05, 0) is 0 Å². The molecule has 0 bridgehead atoms. The van der Waals surface area contributed by atoms with Gasteiger partial charge in [-0.1, -0.05) is 5.21 Å². The van der Waals surface area contributed by atoms with Gasteiger partial charge in [-0.25, -0.2) is 4.68 Å². The molecule has 3 N–H and O–H groups in total. The van der Waals surface area contributed by atoms with Gasteiger partial charge >= 0.3 is 0 Å². The number of nitrogens with two attached hydrogens (primary N) is 1. The summed E-state index contributed by atoms with van der Waals surface area (Å²) in [5.41, 5.74) is 5.82. The molecule has 11 heavy (non-hydrogen) atoms. The first-order valence-corrected chi connectivity index (χ1v) is 3.70. The Bertz CT molecular complexity index is 219. The number of nitrogens with one attached hydrogen (secondary N) is 1. The lowest BCUT2D eigenvalue weighted by Crippen LogP contribution is -2.31. The van der Waals surface area contributed by atoms with Crippen LogP contribution >= 0.6 is 0 Å². The fraction of sp³-hybridized carbons (Fsp3) is 0.667. The van der Waals surface area contributed by atoms with Gasteiger partial charge < -0.3 is 11.1 Å². The normalized spacial score (nSPS) is 31.0. The molecular weight excluding hydrogens is 142 g/mol. The Hall–Kier alpha value is -0.940. The average molecular weight is 153 g/mol.